The fourth-order valence-electron chi connectivity index (χ4n) is 5.34. The highest BCUT2D eigenvalue weighted by atomic mass is 79.9. The third-order valence-electron chi connectivity index (χ3n) is 7.07. The first-order valence-corrected chi connectivity index (χ1v) is 14.0. The standard InChI is InChI=1S/C32H27BrN4OS/c1-21-20-26(22(2)36(21)29-14-7-6-12-27(29)33)31-30(28-13-8-9-19-34-28)35-32(39)37(31)23-15-17-25(18-16-23)38-24-10-4-3-5-11-24/h3-20,30-31H,1-2H3,(H,35,39). The van der Waals surface area contributed by atoms with Crippen molar-refractivity contribution in [3.05, 3.63) is 136 Å². The topological polar surface area (TPSA) is 42.3 Å². The van der Waals surface area contributed by atoms with Crippen molar-refractivity contribution in [3.63, 3.8) is 0 Å². The maximum Gasteiger partial charge on any atom is 0.174 e. The van der Waals surface area contributed by atoms with Gasteiger partial charge >= 0.3 is 0 Å². The Bertz CT molecular complexity index is 1620. The highest BCUT2D eigenvalue weighted by molar-refractivity contribution is 9.10. The van der Waals surface area contributed by atoms with E-state index in [-0.39, 0.29) is 12.1 Å². The van der Waals surface area contributed by atoms with Gasteiger partial charge in [0.25, 0.3) is 0 Å². The molecule has 39 heavy (non-hydrogen) atoms. The van der Waals surface area contributed by atoms with Gasteiger partial charge in [0.15, 0.2) is 5.11 Å². The van der Waals surface area contributed by atoms with Crippen molar-refractivity contribution < 1.29 is 4.74 Å². The first-order valence-electron chi connectivity index (χ1n) is 12.8. The lowest BCUT2D eigenvalue weighted by atomic mass is 9.96. The van der Waals surface area contributed by atoms with Crippen LogP contribution in [0, 0.1) is 13.8 Å². The average molecular weight is 596 g/mol. The van der Waals surface area contributed by atoms with Gasteiger partial charge in [0.05, 0.1) is 23.5 Å². The van der Waals surface area contributed by atoms with Crippen LogP contribution in [-0.4, -0.2) is 14.7 Å². The highest BCUT2D eigenvalue weighted by Crippen LogP contribution is 2.44. The lowest BCUT2D eigenvalue weighted by molar-refractivity contribution is 0.482. The maximum atomic E-state index is 6.04. The van der Waals surface area contributed by atoms with Crippen LogP contribution in [0.3, 0.4) is 0 Å². The summed E-state index contributed by atoms with van der Waals surface area (Å²) >= 11 is 9.70. The first-order chi connectivity index (χ1) is 19.0. The van der Waals surface area contributed by atoms with Crippen LogP contribution in [-0.2, 0) is 0 Å². The van der Waals surface area contributed by atoms with Gasteiger partial charge in [-0.3, -0.25) is 4.98 Å². The van der Waals surface area contributed by atoms with Gasteiger partial charge in [0.2, 0.25) is 0 Å². The molecular formula is C32H27BrN4OS. The van der Waals surface area contributed by atoms with E-state index in [0.29, 0.717) is 5.11 Å². The molecule has 0 bridgehead atoms. The monoisotopic (exact) mass is 594 g/mol. The number of benzene rings is 3. The Labute approximate surface area is 242 Å². The molecule has 0 radical (unpaired) electrons. The fourth-order valence-corrected chi connectivity index (χ4v) is 6.15. The Balaban J connectivity index is 1.43. The van der Waals surface area contributed by atoms with Crippen molar-refractivity contribution >= 4 is 38.9 Å². The van der Waals surface area contributed by atoms with Crippen molar-refractivity contribution in [2.75, 3.05) is 4.90 Å². The number of hydrogen-bond acceptors (Lipinski definition) is 3. The van der Waals surface area contributed by atoms with Gasteiger partial charge < -0.3 is 19.5 Å². The van der Waals surface area contributed by atoms with Crippen LogP contribution in [0.1, 0.15) is 34.7 Å². The predicted molar refractivity (Wildman–Crippen MR) is 164 cm³/mol. The molecule has 2 unspecified atom stereocenters. The number of ether oxygens (including phenoxy) is 1. The molecule has 1 fully saturated rings. The molecule has 0 amide bonds. The summed E-state index contributed by atoms with van der Waals surface area (Å²) in [6, 6.07) is 34.3. The minimum atomic E-state index is -0.118. The molecule has 3 heterocycles. The number of rotatable bonds is 6. The number of para-hydroxylation sites is 2. The van der Waals surface area contributed by atoms with E-state index in [4.69, 9.17) is 21.9 Å². The molecule has 194 valence electrons. The van der Waals surface area contributed by atoms with Crippen LogP contribution >= 0.6 is 28.1 Å². The molecule has 1 aliphatic rings. The van der Waals surface area contributed by atoms with Crippen LogP contribution in [0.2, 0.25) is 0 Å². The van der Waals surface area contributed by atoms with Crippen molar-refractivity contribution in [1.29, 1.82) is 0 Å². The summed E-state index contributed by atoms with van der Waals surface area (Å²) in [6.07, 6.45) is 1.83. The van der Waals surface area contributed by atoms with E-state index >= 15 is 0 Å². The van der Waals surface area contributed by atoms with Gasteiger partial charge in [-0.25, -0.2) is 0 Å². The molecular weight excluding hydrogens is 568 g/mol. The average Bonchev–Trinajstić information content (AvgIpc) is 3.45. The van der Waals surface area contributed by atoms with E-state index in [1.165, 1.54) is 5.56 Å². The molecule has 0 spiro atoms. The second-order valence-corrected chi connectivity index (χ2v) is 10.8. The van der Waals surface area contributed by atoms with Gasteiger partial charge in [-0.05, 0) is 114 Å². The Morgan fingerprint density at radius 1 is 0.846 bits per heavy atom. The zero-order valence-corrected chi connectivity index (χ0v) is 24.0. The minimum Gasteiger partial charge on any atom is -0.457 e. The van der Waals surface area contributed by atoms with Crippen molar-refractivity contribution in [2.45, 2.75) is 25.9 Å². The van der Waals surface area contributed by atoms with Gasteiger partial charge in [-0.2, -0.15) is 0 Å². The molecule has 0 aliphatic carbocycles. The third kappa shape index (κ3) is 4.84. The molecule has 3 aromatic carbocycles. The van der Waals surface area contributed by atoms with E-state index < -0.39 is 0 Å². The quantitative estimate of drug-likeness (QED) is 0.201. The lowest BCUT2D eigenvalue weighted by Crippen LogP contribution is -2.29. The largest absolute Gasteiger partial charge is 0.457 e. The van der Waals surface area contributed by atoms with Gasteiger partial charge in [-0.1, -0.05) is 36.4 Å². The summed E-state index contributed by atoms with van der Waals surface area (Å²) < 4.78 is 9.38. The number of nitrogens with zero attached hydrogens (tertiary/aromatic N) is 3. The Morgan fingerprint density at radius 2 is 1.54 bits per heavy atom. The number of hydrogen-bond donors (Lipinski definition) is 1. The van der Waals surface area contributed by atoms with Crippen molar-refractivity contribution in [1.82, 2.24) is 14.9 Å². The van der Waals surface area contributed by atoms with Crippen molar-refractivity contribution in [2.24, 2.45) is 0 Å². The van der Waals surface area contributed by atoms with Crippen LogP contribution in [0.5, 0.6) is 11.5 Å². The van der Waals surface area contributed by atoms with Gasteiger partial charge in [-0.15, -0.1) is 0 Å². The molecule has 0 saturated carbocycles. The molecule has 1 N–H and O–H groups in total. The normalized spacial score (nSPS) is 16.8. The van der Waals surface area contributed by atoms with Crippen LogP contribution in [0.25, 0.3) is 5.69 Å². The second kappa shape index (κ2) is 10.7. The van der Waals surface area contributed by atoms with Crippen molar-refractivity contribution in [3.8, 4) is 17.2 Å². The number of aryl methyl sites for hydroxylation is 1. The van der Waals surface area contributed by atoms with E-state index in [9.17, 15) is 0 Å². The Morgan fingerprint density at radius 3 is 2.26 bits per heavy atom. The number of aromatic nitrogens is 2. The summed E-state index contributed by atoms with van der Waals surface area (Å²) in [6.45, 7) is 4.32. The van der Waals surface area contributed by atoms with E-state index in [1.807, 2.05) is 66.9 Å². The summed E-state index contributed by atoms with van der Waals surface area (Å²) in [5.41, 5.74) is 6.54. The van der Waals surface area contributed by atoms with Crippen LogP contribution in [0.15, 0.2) is 114 Å². The summed E-state index contributed by atoms with van der Waals surface area (Å²) in [5.74, 6) is 1.57. The summed E-state index contributed by atoms with van der Waals surface area (Å²) in [4.78, 5) is 6.91. The lowest BCUT2D eigenvalue weighted by Gasteiger charge is -2.28. The molecule has 1 saturated heterocycles. The number of anilines is 1. The molecule has 1 aliphatic heterocycles. The first kappa shape index (κ1) is 25.3. The van der Waals surface area contributed by atoms with Gasteiger partial charge in [0.1, 0.15) is 11.5 Å². The zero-order valence-electron chi connectivity index (χ0n) is 21.6. The highest BCUT2D eigenvalue weighted by Gasteiger charge is 2.42. The van der Waals surface area contributed by atoms with E-state index in [1.54, 1.807) is 0 Å². The molecule has 5 aromatic rings. The minimum absolute atomic E-state index is 0.101. The van der Waals surface area contributed by atoms with E-state index in [2.05, 4.69) is 87.0 Å². The number of pyridine rings is 1. The van der Waals surface area contributed by atoms with Crippen LogP contribution in [0.4, 0.5) is 5.69 Å². The van der Waals surface area contributed by atoms with E-state index in [0.717, 1.165) is 44.4 Å². The summed E-state index contributed by atoms with van der Waals surface area (Å²) in [7, 11) is 0. The number of nitrogens with one attached hydrogen (secondary N) is 1. The Hall–Kier alpha value is -3.94. The molecule has 7 heteroatoms. The van der Waals surface area contributed by atoms with Crippen LogP contribution < -0.4 is 15.0 Å². The maximum absolute atomic E-state index is 6.04. The molecule has 2 aromatic heterocycles. The number of halogens is 1. The predicted octanol–water partition coefficient (Wildman–Crippen LogP) is 8.22. The smallest absolute Gasteiger partial charge is 0.174 e. The molecule has 2 atom stereocenters. The summed E-state index contributed by atoms with van der Waals surface area (Å²) in [5, 5.41) is 4.24. The molecule has 6 rings (SSSR count). The SMILES string of the molecule is Cc1cc(C2C(c3ccccn3)NC(=S)N2c2ccc(Oc3ccccc3)cc2)c(C)n1-c1ccccc1Br. The molecule has 5 nitrogen and oxygen atoms in total. The third-order valence-corrected chi connectivity index (χ3v) is 8.06. The number of thiocarbonyl (C=S) groups is 1. The fraction of sp³-hybridized carbons (Fsp3) is 0.125. The van der Waals surface area contributed by atoms with Gasteiger partial charge in [0, 0.05) is 27.7 Å². The zero-order chi connectivity index (χ0) is 26.9. The second-order valence-electron chi connectivity index (χ2n) is 9.52. The Kier molecular flexibility index (Phi) is 6.94.